The second-order valence-corrected chi connectivity index (χ2v) is 5.81. The van der Waals surface area contributed by atoms with Crippen LogP contribution in [0.1, 0.15) is 37.8 Å². The van der Waals surface area contributed by atoms with Crippen LogP contribution in [0.15, 0.2) is 24.3 Å². The van der Waals surface area contributed by atoms with Crippen LogP contribution in [0.5, 0.6) is 0 Å². The first-order valence-electron chi connectivity index (χ1n) is 7.77. The highest BCUT2D eigenvalue weighted by Gasteiger charge is 2.22. The van der Waals surface area contributed by atoms with Gasteiger partial charge >= 0.3 is 0 Å². The van der Waals surface area contributed by atoms with Crippen LogP contribution < -0.4 is 10.6 Å². The van der Waals surface area contributed by atoms with E-state index in [9.17, 15) is 4.79 Å². The van der Waals surface area contributed by atoms with Gasteiger partial charge in [0.1, 0.15) is 0 Å². The summed E-state index contributed by atoms with van der Waals surface area (Å²) in [6.07, 6.45) is 3.52. The Kier molecular flexibility index (Phi) is 5.60. The molecule has 3 heteroatoms. The van der Waals surface area contributed by atoms with Crippen molar-refractivity contribution in [1.82, 2.24) is 10.6 Å². The van der Waals surface area contributed by atoms with Crippen LogP contribution in [0.4, 0.5) is 0 Å². The minimum Gasteiger partial charge on any atom is -0.353 e. The molecule has 110 valence electrons. The van der Waals surface area contributed by atoms with Gasteiger partial charge in [-0.1, -0.05) is 38.1 Å². The number of rotatable bonds is 5. The highest BCUT2D eigenvalue weighted by molar-refractivity contribution is 5.76. The van der Waals surface area contributed by atoms with E-state index in [2.05, 4.69) is 48.7 Å². The van der Waals surface area contributed by atoms with Crippen molar-refractivity contribution in [3.63, 3.8) is 0 Å². The minimum atomic E-state index is 0.184. The molecular weight excluding hydrogens is 248 g/mol. The van der Waals surface area contributed by atoms with Gasteiger partial charge < -0.3 is 10.6 Å². The standard InChI is InChI=1S/C17H26N2O/c1-3-14-4-6-15(7-5-14)8-9-17(20)19-16-10-11-18-12-13(16)2/h4-7,13,16,18H,3,8-12H2,1-2H3,(H,19,20). The lowest BCUT2D eigenvalue weighted by molar-refractivity contribution is -0.122. The van der Waals surface area contributed by atoms with Gasteiger partial charge in [0.2, 0.25) is 5.91 Å². The molecule has 0 radical (unpaired) electrons. The molecule has 2 rings (SSSR count). The average Bonchev–Trinajstić information content (AvgIpc) is 2.48. The van der Waals surface area contributed by atoms with E-state index in [0.29, 0.717) is 18.4 Å². The predicted octanol–water partition coefficient (Wildman–Crippen LogP) is 2.30. The molecule has 1 aromatic rings. The third kappa shape index (κ3) is 4.34. The summed E-state index contributed by atoms with van der Waals surface area (Å²) in [7, 11) is 0. The van der Waals surface area contributed by atoms with E-state index in [-0.39, 0.29) is 5.91 Å². The van der Waals surface area contributed by atoms with Crippen molar-refractivity contribution in [2.24, 2.45) is 5.92 Å². The molecule has 2 atom stereocenters. The van der Waals surface area contributed by atoms with Crippen molar-refractivity contribution in [1.29, 1.82) is 0 Å². The summed E-state index contributed by atoms with van der Waals surface area (Å²) in [5.74, 6) is 0.708. The maximum absolute atomic E-state index is 12.0. The molecular formula is C17H26N2O. The first kappa shape index (κ1) is 15.0. The molecule has 2 unspecified atom stereocenters. The Balaban J connectivity index is 1.76. The minimum absolute atomic E-state index is 0.184. The number of piperidine rings is 1. The van der Waals surface area contributed by atoms with E-state index in [4.69, 9.17) is 0 Å². The fraction of sp³-hybridized carbons (Fsp3) is 0.588. The monoisotopic (exact) mass is 274 g/mol. The molecule has 1 aliphatic heterocycles. The molecule has 1 saturated heterocycles. The molecule has 0 saturated carbocycles. The van der Waals surface area contributed by atoms with E-state index in [0.717, 1.165) is 32.4 Å². The lowest BCUT2D eigenvalue weighted by atomic mass is 9.95. The SMILES string of the molecule is CCc1ccc(CCC(=O)NC2CCNCC2C)cc1. The van der Waals surface area contributed by atoms with Gasteiger partial charge in [0.05, 0.1) is 0 Å². The van der Waals surface area contributed by atoms with Crippen LogP contribution in [0.25, 0.3) is 0 Å². The van der Waals surface area contributed by atoms with Crippen molar-refractivity contribution in [2.45, 2.75) is 45.6 Å². The van der Waals surface area contributed by atoms with Gasteiger partial charge in [-0.3, -0.25) is 4.79 Å². The maximum atomic E-state index is 12.0. The van der Waals surface area contributed by atoms with Crippen LogP contribution in [0, 0.1) is 5.92 Å². The highest BCUT2D eigenvalue weighted by atomic mass is 16.1. The van der Waals surface area contributed by atoms with Crippen LogP contribution in [-0.4, -0.2) is 25.0 Å². The molecule has 0 bridgehead atoms. The van der Waals surface area contributed by atoms with Gasteiger partial charge in [-0.25, -0.2) is 0 Å². The van der Waals surface area contributed by atoms with Gasteiger partial charge in [-0.2, -0.15) is 0 Å². The lowest BCUT2D eigenvalue weighted by Gasteiger charge is -2.30. The average molecular weight is 274 g/mol. The number of carbonyl (C=O) groups is 1. The van der Waals surface area contributed by atoms with Gasteiger partial charge in [0.25, 0.3) is 0 Å². The number of carbonyl (C=O) groups excluding carboxylic acids is 1. The Morgan fingerprint density at radius 2 is 2.00 bits per heavy atom. The Bertz CT molecular complexity index is 427. The Morgan fingerprint density at radius 1 is 1.30 bits per heavy atom. The molecule has 1 fully saturated rings. The van der Waals surface area contributed by atoms with Crippen molar-refractivity contribution >= 4 is 5.91 Å². The third-order valence-corrected chi connectivity index (χ3v) is 4.20. The Morgan fingerprint density at radius 3 is 2.65 bits per heavy atom. The summed E-state index contributed by atoms with van der Waals surface area (Å²) in [4.78, 5) is 12.0. The topological polar surface area (TPSA) is 41.1 Å². The first-order valence-corrected chi connectivity index (χ1v) is 7.77. The van der Waals surface area contributed by atoms with Gasteiger partial charge in [-0.15, -0.1) is 0 Å². The number of hydrogen-bond donors (Lipinski definition) is 2. The molecule has 0 aliphatic carbocycles. The van der Waals surface area contributed by atoms with E-state index in [1.807, 2.05) is 0 Å². The zero-order chi connectivity index (χ0) is 14.4. The zero-order valence-corrected chi connectivity index (χ0v) is 12.6. The maximum Gasteiger partial charge on any atom is 0.220 e. The highest BCUT2D eigenvalue weighted by Crippen LogP contribution is 2.11. The lowest BCUT2D eigenvalue weighted by Crippen LogP contribution is -2.48. The number of aryl methyl sites for hydroxylation is 2. The summed E-state index contributed by atoms with van der Waals surface area (Å²) in [5.41, 5.74) is 2.59. The summed E-state index contributed by atoms with van der Waals surface area (Å²) >= 11 is 0. The van der Waals surface area contributed by atoms with E-state index in [1.54, 1.807) is 0 Å². The van der Waals surface area contributed by atoms with E-state index in [1.165, 1.54) is 11.1 Å². The zero-order valence-electron chi connectivity index (χ0n) is 12.6. The molecule has 20 heavy (non-hydrogen) atoms. The number of benzene rings is 1. The molecule has 1 heterocycles. The van der Waals surface area contributed by atoms with Gasteiger partial charge in [0.15, 0.2) is 0 Å². The predicted molar refractivity (Wildman–Crippen MR) is 82.7 cm³/mol. The molecule has 1 aromatic carbocycles. The summed E-state index contributed by atoms with van der Waals surface area (Å²) in [5, 5.41) is 6.54. The van der Waals surface area contributed by atoms with Crippen molar-refractivity contribution < 1.29 is 4.79 Å². The fourth-order valence-electron chi connectivity index (χ4n) is 2.71. The van der Waals surface area contributed by atoms with Crippen LogP contribution in [0.2, 0.25) is 0 Å². The molecule has 3 nitrogen and oxygen atoms in total. The second-order valence-electron chi connectivity index (χ2n) is 5.81. The van der Waals surface area contributed by atoms with Crippen LogP contribution in [-0.2, 0) is 17.6 Å². The Hall–Kier alpha value is -1.35. The molecule has 1 aliphatic rings. The van der Waals surface area contributed by atoms with Gasteiger partial charge in [0, 0.05) is 12.5 Å². The van der Waals surface area contributed by atoms with Gasteiger partial charge in [-0.05, 0) is 49.4 Å². The van der Waals surface area contributed by atoms with E-state index >= 15 is 0 Å². The van der Waals surface area contributed by atoms with Crippen molar-refractivity contribution in [2.75, 3.05) is 13.1 Å². The second kappa shape index (κ2) is 7.44. The quantitative estimate of drug-likeness (QED) is 0.865. The number of nitrogens with one attached hydrogen (secondary N) is 2. The summed E-state index contributed by atoms with van der Waals surface area (Å²) in [6, 6.07) is 8.93. The van der Waals surface area contributed by atoms with Crippen molar-refractivity contribution in [3.05, 3.63) is 35.4 Å². The smallest absolute Gasteiger partial charge is 0.220 e. The largest absolute Gasteiger partial charge is 0.353 e. The Labute approximate surface area is 122 Å². The molecule has 1 amide bonds. The van der Waals surface area contributed by atoms with Crippen LogP contribution >= 0.6 is 0 Å². The third-order valence-electron chi connectivity index (χ3n) is 4.20. The first-order chi connectivity index (χ1) is 9.69. The van der Waals surface area contributed by atoms with Crippen LogP contribution in [0.3, 0.4) is 0 Å². The van der Waals surface area contributed by atoms with E-state index < -0.39 is 0 Å². The fourth-order valence-corrected chi connectivity index (χ4v) is 2.71. The summed E-state index contributed by atoms with van der Waals surface area (Å²) in [6.45, 7) is 6.36. The molecule has 2 N–H and O–H groups in total. The number of hydrogen-bond acceptors (Lipinski definition) is 2. The molecule has 0 spiro atoms. The summed E-state index contributed by atoms with van der Waals surface area (Å²) < 4.78 is 0. The normalized spacial score (nSPS) is 22.5. The van der Waals surface area contributed by atoms with Crippen molar-refractivity contribution in [3.8, 4) is 0 Å². The molecule has 0 aromatic heterocycles. The number of amides is 1.